The van der Waals surface area contributed by atoms with Crippen molar-refractivity contribution >= 4 is 81.0 Å². The van der Waals surface area contributed by atoms with Gasteiger partial charge in [-0.05, 0) is 103 Å². The van der Waals surface area contributed by atoms with Crippen molar-refractivity contribution in [3.8, 4) is 22.3 Å². The standard InChI is InChI=1S/C47H30N2S/c1-2-10-31(11-3-1)32-19-24-36(25-20-32)49(44-18-8-16-41-42-17-9-29-48-47(42)50-46(41)44)37-26-21-34(22-27-37)43-30-35-13-5-7-15-39(35)45-38-14-6-4-12-33(38)23-28-40(43)45/h1-30H. The lowest BCUT2D eigenvalue weighted by molar-refractivity contribution is 1.30. The maximum absolute atomic E-state index is 4.72. The molecule has 2 aromatic heterocycles. The molecule has 0 saturated heterocycles. The zero-order valence-electron chi connectivity index (χ0n) is 27.1. The van der Waals surface area contributed by atoms with Crippen LogP contribution in [0.4, 0.5) is 17.1 Å². The van der Waals surface area contributed by atoms with Crippen LogP contribution in [-0.2, 0) is 0 Å². The van der Waals surface area contributed by atoms with Gasteiger partial charge in [0, 0.05) is 28.3 Å². The Bertz CT molecular complexity index is 2840. The third-order valence-electron chi connectivity index (χ3n) is 9.91. The van der Waals surface area contributed by atoms with E-state index in [4.69, 9.17) is 4.98 Å². The van der Waals surface area contributed by atoms with Crippen LogP contribution in [0.3, 0.4) is 0 Å². The van der Waals surface area contributed by atoms with E-state index in [1.807, 2.05) is 12.3 Å². The van der Waals surface area contributed by atoms with Crippen LogP contribution in [0.5, 0.6) is 0 Å². The second-order valence-electron chi connectivity index (χ2n) is 12.8. The molecule has 0 radical (unpaired) electrons. The first-order chi connectivity index (χ1) is 24.8. The molecule has 234 valence electrons. The third-order valence-corrected chi connectivity index (χ3v) is 11.1. The molecule has 0 aliphatic carbocycles. The molecule has 50 heavy (non-hydrogen) atoms. The lowest BCUT2D eigenvalue weighted by Crippen LogP contribution is -2.10. The number of benzene rings is 8. The van der Waals surface area contributed by atoms with Gasteiger partial charge in [0.15, 0.2) is 0 Å². The maximum Gasteiger partial charge on any atom is 0.124 e. The number of hydrogen-bond acceptors (Lipinski definition) is 3. The van der Waals surface area contributed by atoms with Crippen LogP contribution >= 0.6 is 11.3 Å². The topological polar surface area (TPSA) is 16.1 Å². The van der Waals surface area contributed by atoms with Crippen molar-refractivity contribution in [1.82, 2.24) is 4.98 Å². The van der Waals surface area contributed by atoms with Gasteiger partial charge in [-0.3, -0.25) is 0 Å². The minimum Gasteiger partial charge on any atom is -0.309 e. The van der Waals surface area contributed by atoms with Crippen molar-refractivity contribution < 1.29 is 0 Å². The van der Waals surface area contributed by atoms with E-state index in [0.29, 0.717) is 0 Å². The van der Waals surface area contributed by atoms with Gasteiger partial charge in [-0.1, -0.05) is 127 Å². The molecular weight excluding hydrogens is 625 g/mol. The van der Waals surface area contributed by atoms with Gasteiger partial charge in [-0.2, -0.15) is 0 Å². The number of anilines is 3. The Labute approximate surface area is 294 Å². The first-order valence-electron chi connectivity index (χ1n) is 17.0. The second-order valence-corrected chi connectivity index (χ2v) is 13.8. The maximum atomic E-state index is 4.72. The van der Waals surface area contributed by atoms with Crippen molar-refractivity contribution in [2.45, 2.75) is 0 Å². The molecule has 0 spiro atoms. The molecule has 0 aliphatic rings. The van der Waals surface area contributed by atoms with Crippen molar-refractivity contribution in [1.29, 1.82) is 0 Å². The van der Waals surface area contributed by atoms with E-state index in [0.717, 1.165) is 21.9 Å². The van der Waals surface area contributed by atoms with Gasteiger partial charge in [-0.25, -0.2) is 4.98 Å². The Morgan fingerprint density at radius 3 is 1.82 bits per heavy atom. The second kappa shape index (κ2) is 11.7. The van der Waals surface area contributed by atoms with Crippen molar-refractivity contribution in [3.05, 3.63) is 182 Å². The van der Waals surface area contributed by atoms with E-state index in [1.54, 1.807) is 11.3 Å². The molecule has 8 aromatic carbocycles. The minimum atomic E-state index is 1.06. The minimum absolute atomic E-state index is 1.06. The summed E-state index contributed by atoms with van der Waals surface area (Å²) in [4.78, 5) is 8.17. The summed E-state index contributed by atoms with van der Waals surface area (Å²) in [5.41, 5.74) is 8.21. The Balaban J connectivity index is 1.15. The van der Waals surface area contributed by atoms with Gasteiger partial charge in [0.25, 0.3) is 0 Å². The molecule has 10 rings (SSSR count). The lowest BCUT2D eigenvalue weighted by Gasteiger charge is -2.26. The summed E-state index contributed by atoms with van der Waals surface area (Å²) in [5, 5.41) is 10.1. The number of rotatable bonds is 5. The fourth-order valence-electron chi connectivity index (χ4n) is 7.55. The fraction of sp³-hybridized carbons (Fsp3) is 0. The van der Waals surface area contributed by atoms with Crippen LogP contribution in [-0.4, -0.2) is 4.98 Å². The Kier molecular flexibility index (Phi) is 6.71. The quantitative estimate of drug-likeness (QED) is 0.172. The summed E-state index contributed by atoms with van der Waals surface area (Å²) in [5.74, 6) is 0. The third kappa shape index (κ3) is 4.67. The average Bonchev–Trinajstić information content (AvgIpc) is 3.58. The predicted molar refractivity (Wildman–Crippen MR) is 215 cm³/mol. The van der Waals surface area contributed by atoms with Crippen LogP contribution in [0.15, 0.2) is 182 Å². The van der Waals surface area contributed by atoms with Gasteiger partial charge < -0.3 is 4.90 Å². The van der Waals surface area contributed by atoms with Crippen LogP contribution in [0.1, 0.15) is 0 Å². The van der Waals surface area contributed by atoms with Gasteiger partial charge in [0.1, 0.15) is 4.83 Å². The molecule has 0 atom stereocenters. The molecule has 2 nitrogen and oxygen atoms in total. The average molecular weight is 655 g/mol. The highest BCUT2D eigenvalue weighted by molar-refractivity contribution is 7.26. The summed E-state index contributed by atoms with van der Waals surface area (Å²) in [6.45, 7) is 0. The monoisotopic (exact) mass is 654 g/mol. The van der Waals surface area contributed by atoms with Gasteiger partial charge in [0.2, 0.25) is 0 Å². The lowest BCUT2D eigenvalue weighted by atomic mass is 9.90. The van der Waals surface area contributed by atoms with E-state index < -0.39 is 0 Å². The highest BCUT2D eigenvalue weighted by Gasteiger charge is 2.19. The molecule has 0 saturated carbocycles. The zero-order chi connectivity index (χ0) is 33.0. The van der Waals surface area contributed by atoms with Crippen LogP contribution < -0.4 is 4.90 Å². The van der Waals surface area contributed by atoms with E-state index in [9.17, 15) is 0 Å². The van der Waals surface area contributed by atoms with Crippen molar-refractivity contribution in [2.75, 3.05) is 4.90 Å². The van der Waals surface area contributed by atoms with E-state index in [1.165, 1.54) is 70.0 Å². The molecule has 3 heteroatoms. The van der Waals surface area contributed by atoms with E-state index in [2.05, 4.69) is 175 Å². The van der Waals surface area contributed by atoms with Crippen LogP contribution in [0, 0.1) is 0 Å². The first-order valence-corrected chi connectivity index (χ1v) is 17.8. The molecule has 10 aromatic rings. The smallest absolute Gasteiger partial charge is 0.124 e. The fourth-order valence-corrected chi connectivity index (χ4v) is 8.70. The number of pyridine rings is 1. The normalized spacial score (nSPS) is 11.6. The summed E-state index contributed by atoms with van der Waals surface area (Å²) in [7, 11) is 0. The highest BCUT2D eigenvalue weighted by atomic mass is 32.1. The molecule has 0 amide bonds. The molecule has 0 unspecified atom stereocenters. The van der Waals surface area contributed by atoms with Crippen molar-refractivity contribution in [2.24, 2.45) is 0 Å². The molecule has 0 bridgehead atoms. The predicted octanol–water partition coefficient (Wildman–Crippen LogP) is 13.7. The van der Waals surface area contributed by atoms with Crippen LogP contribution in [0.25, 0.3) is 74.9 Å². The molecule has 0 N–H and O–H groups in total. The Hall–Kier alpha value is -6.29. The van der Waals surface area contributed by atoms with E-state index in [-0.39, 0.29) is 0 Å². The number of hydrogen-bond donors (Lipinski definition) is 0. The molecule has 0 fully saturated rings. The first kappa shape index (κ1) is 28.7. The van der Waals surface area contributed by atoms with Gasteiger partial charge in [-0.15, -0.1) is 11.3 Å². The number of fused-ring (bicyclic) bond motifs is 8. The summed E-state index contributed by atoms with van der Waals surface area (Å²) in [6, 6.07) is 63.8. The van der Waals surface area contributed by atoms with Crippen molar-refractivity contribution in [3.63, 3.8) is 0 Å². The summed E-state index contributed by atoms with van der Waals surface area (Å²) in [6.07, 6.45) is 1.88. The number of nitrogens with zero attached hydrogens (tertiary/aromatic N) is 2. The summed E-state index contributed by atoms with van der Waals surface area (Å²) >= 11 is 1.76. The SMILES string of the molecule is c1ccc(-c2ccc(N(c3ccc(-c4cc5ccccc5c5c4ccc4ccccc45)cc3)c3cccc4c3sc3ncccc34)cc2)cc1. The Morgan fingerprint density at radius 2 is 1.04 bits per heavy atom. The highest BCUT2D eigenvalue weighted by Crippen LogP contribution is 2.45. The summed E-state index contributed by atoms with van der Waals surface area (Å²) < 4.78 is 1.23. The number of aromatic nitrogens is 1. The molecule has 2 heterocycles. The number of thiophene rings is 1. The molecular formula is C47H30N2S. The van der Waals surface area contributed by atoms with E-state index >= 15 is 0 Å². The molecule has 0 aliphatic heterocycles. The van der Waals surface area contributed by atoms with Gasteiger partial charge in [0.05, 0.1) is 10.4 Å². The zero-order valence-corrected chi connectivity index (χ0v) is 27.9. The Morgan fingerprint density at radius 1 is 0.420 bits per heavy atom. The van der Waals surface area contributed by atoms with Gasteiger partial charge >= 0.3 is 0 Å². The van der Waals surface area contributed by atoms with Crippen LogP contribution in [0.2, 0.25) is 0 Å². The largest absolute Gasteiger partial charge is 0.309 e.